The highest BCUT2D eigenvalue weighted by atomic mass is 16.6. The van der Waals surface area contributed by atoms with Crippen LogP contribution in [0.5, 0.6) is 0 Å². The molecular weight excluding hydrogens is 452 g/mol. The maximum absolute atomic E-state index is 14.0. The van der Waals surface area contributed by atoms with Crippen molar-refractivity contribution in [2.24, 2.45) is 5.92 Å². The van der Waals surface area contributed by atoms with Crippen LogP contribution < -0.4 is 5.32 Å². The molecule has 0 saturated carbocycles. The molecular formula is C30H28N2O4. The minimum Gasteiger partial charge on any atom is -0.446 e. The maximum Gasteiger partial charge on any atom is 0.319 e. The van der Waals surface area contributed by atoms with Gasteiger partial charge in [-0.2, -0.15) is 0 Å². The number of aryl methyl sites for hydroxylation is 1. The molecule has 1 fully saturated rings. The average Bonchev–Trinajstić information content (AvgIpc) is 3.33. The molecule has 0 spiro atoms. The van der Waals surface area contributed by atoms with Crippen LogP contribution in [0.1, 0.15) is 47.7 Å². The predicted molar refractivity (Wildman–Crippen MR) is 137 cm³/mol. The van der Waals surface area contributed by atoms with Crippen LogP contribution in [-0.2, 0) is 31.3 Å². The first-order chi connectivity index (χ1) is 17.3. The summed E-state index contributed by atoms with van der Waals surface area (Å²) in [5.41, 5.74) is 3.62. The zero-order valence-electron chi connectivity index (χ0n) is 20.5. The fraction of sp³-hybridized carbons (Fsp3) is 0.233. The van der Waals surface area contributed by atoms with E-state index in [-0.39, 0.29) is 18.2 Å². The molecule has 0 bridgehead atoms. The molecule has 2 heterocycles. The van der Waals surface area contributed by atoms with Crippen molar-refractivity contribution in [1.82, 2.24) is 10.3 Å². The largest absolute Gasteiger partial charge is 0.446 e. The zero-order chi connectivity index (χ0) is 25.4. The summed E-state index contributed by atoms with van der Waals surface area (Å²) in [5.74, 6) is -2.67. The first kappa shape index (κ1) is 23.5. The second-order valence-corrected chi connectivity index (χ2v) is 9.53. The van der Waals surface area contributed by atoms with Crippen LogP contribution in [0.25, 0.3) is 10.9 Å². The number of cyclic esters (lactones) is 1. The Bertz CT molecular complexity index is 1460. The molecule has 1 aliphatic heterocycles. The number of esters is 1. The Balaban J connectivity index is 1.70. The zero-order valence-corrected chi connectivity index (χ0v) is 20.5. The van der Waals surface area contributed by atoms with E-state index in [2.05, 4.69) is 10.3 Å². The van der Waals surface area contributed by atoms with Gasteiger partial charge in [-0.05, 0) is 31.0 Å². The molecule has 5 rings (SSSR count). The van der Waals surface area contributed by atoms with Crippen molar-refractivity contribution in [2.45, 2.75) is 38.8 Å². The number of aromatic amines is 1. The molecule has 1 amide bonds. The standard InChI is InChI=1S/C30H28N2O4/c1-18-14-15-22-23(17-31-19(2)33)27(32-24(22)16-18)25(20-10-6-4-7-11-20)26-28(34)30(3,36-29(26)35)21-12-8-5-9-13-21/h4-16,25-26,32H,17H2,1-3H3,(H,31,33)/t25?,26?,30-/m1/s1. The van der Waals surface area contributed by atoms with Gasteiger partial charge in [0.25, 0.3) is 0 Å². The van der Waals surface area contributed by atoms with Crippen molar-refractivity contribution in [2.75, 3.05) is 0 Å². The Morgan fingerprint density at radius 1 is 1.03 bits per heavy atom. The lowest BCUT2D eigenvalue weighted by Crippen LogP contribution is -2.34. The highest BCUT2D eigenvalue weighted by Crippen LogP contribution is 2.46. The number of benzene rings is 3. The average molecular weight is 481 g/mol. The number of rotatable bonds is 6. The van der Waals surface area contributed by atoms with Gasteiger partial charge in [-0.3, -0.25) is 14.4 Å². The van der Waals surface area contributed by atoms with Crippen molar-refractivity contribution in [3.63, 3.8) is 0 Å². The van der Waals surface area contributed by atoms with Crippen LogP contribution in [0.2, 0.25) is 0 Å². The number of amides is 1. The summed E-state index contributed by atoms with van der Waals surface area (Å²) in [7, 11) is 0. The first-order valence-electron chi connectivity index (χ1n) is 12.0. The Morgan fingerprint density at radius 2 is 1.69 bits per heavy atom. The lowest BCUT2D eigenvalue weighted by molar-refractivity contribution is -0.152. The van der Waals surface area contributed by atoms with E-state index >= 15 is 0 Å². The van der Waals surface area contributed by atoms with Crippen molar-refractivity contribution >= 4 is 28.6 Å². The second-order valence-electron chi connectivity index (χ2n) is 9.53. The number of carbonyl (C=O) groups excluding carboxylic acids is 3. The van der Waals surface area contributed by atoms with Crippen LogP contribution in [0.15, 0.2) is 78.9 Å². The Kier molecular flexibility index (Phi) is 5.96. The molecule has 36 heavy (non-hydrogen) atoms. The van der Waals surface area contributed by atoms with Crippen molar-refractivity contribution in [3.05, 3.63) is 107 Å². The minimum absolute atomic E-state index is 0.160. The van der Waals surface area contributed by atoms with Crippen molar-refractivity contribution in [1.29, 1.82) is 0 Å². The molecule has 1 saturated heterocycles. The summed E-state index contributed by atoms with van der Waals surface area (Å²) >= 11 is 0. The number of Topliss-reactive ketones (excluding diaryl/α,β-unsaturated/α-hetero) is 1. The van der Waals surface area contributed by atoms with E-state index in [1.807, 2.05) is 73.7 Å². The summed E-state index contributed by atoms with van der Waals surface area (Å²) in [6.07, 6.45) is 0. The minimum atomic E-state index is -1.38. The van der Waals surface area contributed by atoms with E-state index in [1.54, 1.807) is 19.1 Å². The molecule has 1 aliphatic rings. The lowest BCUT2D eigenvalue weighted by atomic mass is 9.76. The van der Waals surface area contributed by atoms with Gasteiger partial charge < -0.3 is 15.0 Å². The smallest absolute Gasteiger partial charge is 0.319 e. The molecule has 0 radical (unpaired) electrons. The quantitative estimate of drug-likeness (QED) is 0.303. The van der Waals surface area contributed by atoms with Crippen LogP contribution in [0, 0.1) is 12.8 Å². The molecule has 6 heteroatoms. The Hall–Kier alpha value is -4.19. The van der Waals surface area contributed by atoms with E-state index in [0.29, 0.717) is 5.56 Å². The van der Waals surface area contributed by atoms with Crippen LogP contribution in [0.3, 0.4) is 0 Å². The summed E-state index contributed by atoms with van der Waals surface area (Å²) in [6, 6.07) is 24.7. The van der Waals surface area contributed by atoms with Crippen LogP contribution in [0.4, 0.5) is 0 Å². The molecule has 4 aromatic rings. The third-order valence-corrected chi connectivity index (χ3v) is 7.05. The summed E-state index contributed by atoms with van der Waals surface area (Å²) in [6.45, 7) is 5.40. The highest BCUT2D eigenvalue weighted by Gasteiger charge is 2.56. The first-order valence-corrected chi connectivity index (χ1v) is 12.0. The molecule has 3 atom stereocenters. The van der Waals surface area contributed by atoms with Gasteiger partial charge >= 0.3 is 5.97 Å². The van der Waals surface area contributed by atoms with E-state index in [1.165, 1.54) is 6.92 Å². The Morgan fingerprint density at radius 3 is 2.36 bits per heavy atom. The van der Waals surface area contributed by atoms with Gasteiger partial charge in [0.15, 0.2) is 11.4 Å². The van der Waals surface area contributed by atoms with Crippen molar-refractivity contribution in [3.8, 4) is 0 Å². The monoisotopic (exact) mass is 480 g/mol. The van der Waals surface area contributed by atoms with Crippen LogP contribution in [-0.4, -0.2) is 22.6 Å². The van der Waals surface area contributed by atoms with Gasteiger partial charge in [0.2, 0.25) is 5.91 Å². The van der Waals surface area contributed by atoms with E-state index in [0.717, 1.165) is 33.3 Å². The summed E-state index contributed by atoms with van der Waals surface area (Å²) < 4.78 is 5.84. The third-order valence-electron chi connectivity index (χ3n) is 7.05. The number of aromatic nitrogens is 1. The Labute approximate surface area is 209 Å². The second kappa shape index (κ2) is 9.11. The number of carbonyl (C=O) groups is 3. The number of hydrogen-bond donors (Lipinski definition) is 2. The summed E-state index contributed by atoms with van der Waals surface area (Å²) in [5, 5.41) is 3.84. The van der Waals surface area contributed by atoms with Gasteiger partial charge in [0.1, 0.15) is 5.92 Å². The van der Waals surface area contributed by atoms with Gasteiger partial charge in [0, 0.05) is 47.1 Å². The van der Waals surface area contributed by atoms with E-state index in [9.17, 15) is 14.4 Å². The number of ether oxygens (including phenoxy) is 1. The topological polar surface area (TPSA) is 88.3 Å². The fourth-order valence-corrected chi connectivity index (χ4v) is 5.21. The SMILES string of the molecule is CC(=O)NCc1c(C(c2ccccc2)C2C(=O)O[C@](C)(c3ccccc3)C2=O)[nH]c2cc(C)ccc12. The van der Waals surface area contributed by atoms with Crippen molar-refractivity contribution < 1.29 is 19.1 Å². The number of ketones is 1. The molecule has 3 aromatic carbocycles. The molecule has 1 aromatic heterocycles. The summed E-state index contributed by atoms with van der Waals surface area (Å²) in [4.78, 5) is 42.9. The lowest BCUT2D eigenvalue weighted by Gasteiger charge is -2.24. The number of fused-ring (bicyclic) bond motifs is 1. The molecule has 6 nitrogen and oxygen atoms in total. The number of H-pyrrole nitrogens is 1. The fourth-order valence-electron chi connectivity index (χ4n) is 5.21. The van der Waals surface area contributed by atoms with E-state index < -0.39 is 23.4 Å². The van der Waals surface area contributed by atoms with Gasteiger partial charge in [-0.1, -0.05) is 72.8 Å². The predicted octanol–water partition coefficient (Wildman–Crippen LogP) is 4.90. The number of hydrogen-bond acceptors (Lipinski definition) is 4. The molecule has 2 unspecified atom stereocenters. The maximum atomic E-state index is 14.0. The van der Waals surface area contributed by atoms with Gasteiger partial charge in [-0.15, -0.1) is 0 Å². The van der Waals surface area contributed by atoms with Crippen LogP contribution >= 0.6 is 0 Å². The third kappa shape index (κ3) is 3.98. The molecule has 2 N–H and O–H groups in total. The molecule has 182 valence electrons. The molecule has 0 aliphatic carbocycles. The highest BCUT2D eigenvalue weighted by molar-refractivity contribution is 6.10. The number of nitrogens with one attached hydrogen (secondary N) is 2. The van der Waals surface area contributed by atoms with E-state index in [4.69, 9.17) is 4.74 Å². The van der Waals surface area contributed by atoms with Gasteiger partial charge in [-0.25, -0.2) is 0 Å². The van der Waals surface area contributed by atoms with Gasteiger partial charge in [0.05, 0.1) is 0 Å². The normalized spacial score (nSPS) is 20.4.